The van der Waals surface area contributed by atoms with Gasteiger partial charge in [0.05, 0.1) is 4.90 Å². The molecular weight excluding hydrogens is 374 g/mol. The third kappa shape index (κ3) is 3.57. The van der Waals surface area contributed by atoms with Gasteiger partial charge in [-0.2, -0.15) is 13.2 Å². The first-order valence-electron chi connectivity index (χ1n) is 7.57. The van der Waals surface area contributed by atoms with Crippen LogP contribution < -0.4 is 5.32 Å². The fourth-order valence-electron chi connectivity index (χ4n) is 2.60. The maximum atomic E-state index is 12.9. The van der Waals surface area contributed by atoms with Crippen molar-refractivity contribution in [2.24, 2.45) is 0 Å². The van der Waals surface area contributed by atoms with Crippen molar-refractivity contribution in [3.05, 3.63) is 65.5 Å². The molecule has 2 aromatic rings. The lowest BCUT2D eigenvalue weighted by molar-refractivity contribution is -0.0436. The minimum atomic E-state index is -5.44. The summed E-state index contributed by atoms with van der Waals surface area (Å²) in [5.41, 5.74) is -4.47. The Kier molecular flexibility index (Phi) is 4.51. The van der Waals surface area contributed by atoms with Gasteiger partial charge in [-0.1, -0.05) is 12.1 Å². The van der Waals surface area contributed by atoms with E-state index in [9.17, 15) is 30.8 Å². The maximum absolute atomic E-state index is 12.9. The second kappa shape index (κ2) is 6.39. The molecule has 2 aromatic carbocycles. The molecule has 1 saturated carbocycles. The molecule has 26 heavy (non-hydrogen) atoms. The van der Waals surface area contributed by atoms with Crippen LogP contribution in [-0.2, 0) is 9.84 Å². The van der Waals surface area contributed by atoms with E-state index >= 15 is 0 Å². The molecule has 0 unspecified atom stereocenters. The van der Waals surface area contributed by atoms with Crippen molar-refractivity contribution in [1.29, 1.82) is 0 Å². The zero-order valence-corrected chi connectivity index (χ0v) is 13.9. The molecule has 1 aliphatic carbocycles. The van der Waals surface area contributed by atoms with E-state index in [1.54, 1.807) is 12.1 Å². The number of benzene rings is 2. The largest absolute Gasteiger partial charge is 0.501 e. The van der Waals surface area contributed by atoms with Crippen molar-refractivity contribution in [1.82, 2.24) is 5.32 Å². The molecule has 4 nitrogen and oxygen atoms in total. The van der Waals surface area contributed by atoms with Gasteiger partial charge < -0.3 is 5.32 Å². The molecule has 1 aliphatic rings. The van der Waals surface area contributed by atoms with Gasteiger partial charge in [0, 0.05) is 17.5 Å². The molecule has 138 valence electrons. The van der Waals surface area contributed by atoms with E-state index in [1.807, 2.05) is 0 Å². The van der Waals surface area contributed by atoms with Crippen LogP contribution in [0.1, 0.15) is 28.3 Å². The predicted octanol–water partition coefficient (Wildman–Crippen LogP) is 3.41. The summed E-state index contributed by atoms with van der Waals surface area (Å²) in [6.45, 7) is 0. The summed E-state index contributed by atoms with van der Waals surface area (Å²) in [6, 6.07) is 9.31. The van der Waals surface area contributed by atoms with Crippen LogP contribution in [0, 0.1) is 5.82 Å². The van der Waals surface area contributed by atoms with E-state index in [0.29, 0.717) is 6.42 Å². The Morgan fingerprint density at radius 1 is 1.00 bits per heavy atom. The fraction of sp³-hybridized carbons (Fsp3) is 0.235. The second-order valence-corrected chi connectivity index (χ2v) is 7.89. The van der Waals surface area contributed by atoms with Crippen LogP contribution >= 0.6 is 0 Å². The third-order valence-corrected chi connectivity index (χ3v) is 5.64. The summed E-state index contributed by atoms with van der Waals surface area (Å²) in [6.07, 6.45) is 0.665. The number of hydrogen-bond acceptors (Lipinski definition) is 3. The van der Waals surface area contributed by atoms with Gasteiger partial charge >= 0.3 is 5.51 Å². The molecule has 1 N–H and O–H groups in total. The first kappa shape index (κ1) is 18.4. The highest BCUT2D eigenvalue weighted by Crippen LogP contribution is 2.41. The number of amides is 1. The lowest BCUT2D eigenvalue weighted by Gasteiger charge is -2.09. The Morgan fingerprint density at radius 3 is 2.12 bits per heavy atom. The van der Waals surface area contributed by atoms with Gasteiger partial charge in [-0.05, 0) is 48.4 Å². The van der Waals surface area contributed by atoms with Crippen molar-refractivity contribution in [3.63, 3.8) is 0 Å². The highest BCUT2D eigenvalue weighted by molar-refractivity contribution is 7.92. The highest BCUT2D eigenvalue weighted by Gasteiger charge is 2.46. The highest BCUT2D eigenvalue weighted by atomic mass is 32.2. The zero-order valence-electron chi connectivity index (χ0n) is 13.1. The summed E-state index contributed by atoms with van der Waals surface area (Å²) >= 11 is 0. The van der Waals surface area contributed by atoms with Crippen LogP contribution in [0.25, 0.3) is 0 Å². The molecule has 0 aromatic heterocycles. The van der Waals surface area contributed by atoms with Gasteiger partial charge in [0.15, 0.2) is 0 Å². The molecule has 9 heteroatoms. The number of carbonyl (C=O) groups excluding carboxylic acids is 1. The van der Waals surface area contributed by atoms with Gasteiger partial charge in [0.2, 0.25) is 0 Å². The lowest BCUT2D eigenvalue weighted by Crippen LogP contribution is -2.27. The monoisotopic (exact) mass is 387 g/mol. The average Bonchev–Trinajstić information content (AvgIpc) is 3.33. The molecule has 0 aliphatic heterocycles. The molecule has 1 fully saturated rings. The van der Waals surface area contributed by atoms with E-state index in [2.05, 4.69) is 5.32 Å². The third-order valence-electron chi connectivity index (χ3n) is 4.14. The Hall–Kier alpha value is -2.42. The van der Waals surface area contributed by atoms with E-state index in [-0.39, 0.29) is 23.3 Å². The van der Waals surface area contributed by atoms with Crippen LogP contribution in [0.4, 0.5) is 17.6 Å². The van der Waals surface area contributed by atoms with Gasteiger partial charge in [-0.3, -0.25) is 4.79 Å². The molecular formula is C17H13F4NO3S. The number of carbonyl (C=O) groups is 1. The quantitative estimate of drug-likeness (QED) is 0.818. The van der Waals surface area contributed by atoms with Gasteiger partial charge in [-0.15, -0.1) is 0 Å². The van der Waals surface area contributed by atoms with E-state index < -0.39 is 26.1 Å². The standard InChI is InChI=1S/C17H13F4NO3S/c18-12-5-1-10(2-6-12)14-9-15(14)22-16(23)11-3-7-13(8-4-11)26(24,25)17(19,20)21/h1-8,14-15H,9H2,(H,22,23)/t14-,15-/m1/s1. The van der Waals surface area contributed by atoms with Crippen molar-refractivity contribution in [2.45, 2.75) is 28.8 Å². The van der Waals surface area contributed by atoms with Crippen LogP contribution in [0.5, 0.6) is 0 Å². The van der Waals surface area contributed by atoms with Gasteiger partial charge in [0.1, 0.15) is 5.82 Å². The summed E-state index contributed by atoms with van der Waals surface area (Å²) in [5.74, 6) is -0.830. The fourth-order valence-corrected chi connectivity index (χ4v) is 3.37. The van der Waals surface area contributed by atoms with Gasteiger partial charge in [0.25, 0.3) is 15.7 Å². The molecule has 0 radical (unpaired) electrons. The van der Waals surface area contributed by atoms with Crippen LogP contribution in [0.2, 0.25) is 0 Å². The van der Waals surface area contributed by atoms with Crippen molar-refractivity contribution in [2.75, 3.05) is 0 Å². The molecule has 2 atom stereocenters. The SMILES string of the molecule is O=C(N[C@@H]1C[C@@H]1c1ccc(F)cc1)c1ccc(S(=O)(=O)C(F)(F)F)cc1. The topological polar surface area (TPSA) is 63.2 Å². The Morgan fingerprint density at radius 2 is 1.58 bits per heavy atom. The minimum Gasteiger partial charge on any atom is -0.349 e. The number of nitrogens with one attached hydrogen (secondary N) is 1. The molecule has 0 bridgehead atoms. The Bertz CT molecular complexity index is 922. The molecule has 3 rings (SSSR count). The molecule has 0 spiro atoms. The summed E-state index contributed by atoms with van der Waals surface area (Å²) in [4.78, 5) is 11.2. The summed E-state index contributed by atoms with van der Waals surface area (Å²) in [7, 11) is -5.44. The van der Waals surface area contributed by atoms with Crippen molar-refractivity contribution >= 4 is 15.7 Å². The Balaban J connectivity index is 1.66. The normalized spacial score (nSPS) is 19.8. The zero-order chi connectivity index (χ0) is 19.1. The summed E-state index contributed by atoms with van der Waals surface area (Å²) < 4.78 is 73.0. The molecule has 1 amide bonds. The van der Waals surface area contributed by atoms with Crippen LogP contribution in [-0.4, -0.2) is 25.9 Å². The number of halogens is 4. The van der Waals surface area contributed by atoms with Crippen LogP contribution in [0.15, 0.2) is 53.4 Å². The minimum absolute atomic E-state index is 0.0458. The number of sulfone groups is 1. The number of hydrogen-bond donors (Lipinski definition) is 1. The number of alkyl halides is 3. The van der Waals surface area contributed by atoms with E-state index in [0.717, 1.165) is 29.8 Å². The lowest BCUT2D eigenvalue weighted by atomic mass is 10.1. The van der Waals surface area contributed by atoms with Crippen molar-refractivity contribution < 1.29 is 30.8 Å². The van der Waals surface area contributed by atoms with Crippen molar-refractivity contribution in [3.8, 4) is 0 Å². The maximum Gasteiger partial charge on any atom is 0.501 e. The average molecular weight is 387 g/mol. The van der Waals surface area contributed by atoms with E-state index in [1.165, 1.54) is 12.1 Å². The van der Waals surface area contributed by atoms with Gasteiger partial charge in [-0.25, -0.2) is 12.8 Å². The second-order valence-electron chi connectivity index (χ2n) is 5.95. The smallest absolute Gasteiger partial charge is 0.349 e. The molecule has 0 saturated heterocycles. The Labute approximate surface area is 146 Å². The predicted molar refractivity (Wildman–Crippen MR) is 84.7 cm³/mol. The first-order chi connectivity index (χ1) is 12.1. The summed E-state index contributed by atoms with van der Waals surface area (Å²) in [5, 5.41) is 2.72. The van der Waals surface area contributed by atoms with E-state index in [4.69, 9.17) is 0 Å². The first-order valence-corrected chi connectivity index (χ1v) is 9.05. The number of rotatable bonds is 4. The van der Waals surface area contributed by atoms with Crippen LogP contribution in [0.3, 0.4) is 0 Å². The molecule has 0 heterocycles.